The lowest BCUT2D eigenvalue weighted by Gasteiger charge is -2.18. The molecule has 6 nitrogen and oxygen atoms in total. The number of rotatable bonds is 7. The molecule has 2 aromatic carbocycles. The molecule has 2 atom stereocenters. The first kappa shape index (κ1) is 20.9. The first-order chi connectivity index (χ1) is 14.3. The number of ether oxygens (including phenoxy) is 1. The number of aromatic nitrogens is 2. The van der Waals surface area contributed by atoms with Crippen LogP contribution in [-0.4, -0.2) is 47.3 Å². The van der Waals surface area contributed by atoms with Crippen molar-refractivity contribution in [2.45, 2.75) is 39.3 Å². The molecule has 4 rings (SSSR count). The average Bonchev–Trinajstić information content (AvgIpc) is 3.21. The summed E-state index contributed by atoms with van der Waals surface area (Å²) in [5, 5.41) is 10.7. The third-order valence-corrected chi connectivity index (χ3v) is 7.59. The molecule has 0 radical (unpaired) electrons. The summed E-state index contributed by atoms with van der Waals surface area (Å²) in [4.78, 5) is 4.74. The Morgan fingerprint density at radius 2 is 1.90 bits per heavy atom. The Morgan fingerprint density at radius 1 is 1.17 bits per heavy atom. The van der Waals surface area contributed by atoms with Crippen LogP contribution in [-0.2, 0) is 22.8 Å². The summed E-state index contributed by atoms with van der Waals surface area (Å²) in [7, 11) is -2.94. The molecule has 7 heteroatoms. The van der Waals surface area contributed by atoms with Crippen LogP contribution < -0.4 is 4.74 Å². The number of hydrogen-bond donors (Lipinski definition) is 1. The fourth-order valence-corrected chi connectivity index (χ4v) is 6.11. The van der Waals surface area contributed by atoms with Gasteiger partial charge in [-0.15, -0.1) is 0 Å². The highest BCUT2D eigenvalue weighted by Crippen LogP contribution is 2.26. The van der Waals surface area contributed by atoms with Gasteiger partial charge in [0.25, 0.3) is 0 Å². The van der Waals surface area contributed by atoms with Crippen LogP contribution in [0.3, 0.4) is 0 Å². The van der Waals surface area contributed by atoms with Crippen molar-refractivity contribution in [3.8, 4) is 5.75 Å². The largest absolute Gasteiger partial charge is 0.490 e. The number of imidazole rings is 1. The fraction of sp³-hybridized carbons (Fsp3) is 0.435. The van der Waals surface area contributed by atoms with E-state index in [1.54, 1.807) is 0 Å². The third-order valence-electron chi connectivity index (χ3n) is 5.75. The maximum absolute atomic E-state index is 11.9. The van der Waals surface area contributed by atoms with E-state index in [9.17, 15) is 13.5 Å². The number of aryl methyl sites for hydroxylation is 2. The second kappa shape index (κ2) is 8.40. The van der Waals surface area contributed by atoms with Crippen LogP contribution in [0.15, 0.2) is 42.5 Å². The minimum absolute atomic E-state index is 0.0774. The maximum Gasteiger partial charge on any atom is 0.150 e. The van der Waals surface area contributed by atoms with Gasteiger partial charge in [-0.05, 0) is 49.4 Å². The molecule has 0 bridgehead atoms. The van der Waals surface area contributed by atoms with Crippen LogP contribution in [0.2, 0.25) is 0 Å². The molecule has 0 saturated carbocycles. The minimum atomic E-state index is -2.94. The monoisotopic (exact) mass is 428 g/mol. The van der Waals surface area contributed by atoms with Crippen molar-refractivity contribution < 1.29 is 18.3 Å². The highest BCUT2D eigenvalue weighted by Gasteiger charge is 2.29. The van der Waals surface area contributed by atoms with Crippen LogP contribution in [0.1, 0.15) is 23.4 Å². The van der Waals surface area contributed by atoms with E-state index in [1.165, 1.54) is 0 Å². The Bertz CT molecular complexity index is 1130. The van der Waals surface area contributed by atoms with Crippen LogP contribution in [0.5, 0.6) is 5.75 Å². The van der Waals surface area contributed by atoms with E-state index in [4.69, 9.17) is 9.72 Å². The van der Waals surface area contributed by atoms with Crippen molar-refractivity contribution in [2.75, 3.05) is 18.1 Å². The number of aliphatic hydroxyl groups is 1. The number of aliphatic hydroxyl groups excluding tert-OH is 1. The molecule has 1 aliphatic heterocycles. The van der Waals surface area contributed by atoms with Crippen molar-refractivity contribution in [3.63, 3.8) is 0 Å². The van der Waals surface area contributed by atoms with Gasteiger partial charge in [-0.2, -0.15) is 0 Å². The smallest absolute Gasteiger partial charge is 0.150 e. The molecular formula is C23H28N2O4S. The van der Waals surface area contributed by atoms with Crippen molar-refractivity contribution >= 4 is 20.9 Å². The molecule has 0 spiro atoms. The summed E-state index contributed by atoms with van der Waals surface area (Å²) < 4.78 is 31.7. The van der Waals surface area contributed by atoms with Crippen LogP contribution in [0.25, 0.3) is 11.0 Å². The summed E-state index contributed by atoms with van der Waals surface area (Å²) in [6.07, 6.45) is 0.551. The van der Waals surface area contributed by atoms with Gasteiger partial charge in [-0.3, -0.25) is 0 Å². The Morgan fingerprint density at radius 3 is 2.60 bits per heavy atom. The van der Waals surface area contributed by atoms with Gasteiger partial charge in [0, 0.05) is 6.42 Å². The van der Waals surface area contributed by atoms with Crippen molar-refractivity contribution in [3.05, 3.63) is 59.4 Å². The Kier molecular flexibility index (Phi) is 5.84. The first-order valence-corrected chi connectivity index (χ1v) is 12.2. The van der Waals surface area contributed by atoms with Gasteiger partial charge in [0.2, 0.25) is 0 Å². The molecule has 1 aromatic heterocycles. The lowest BCUT2D eigenvalue weighted by atomic mass is 10.1. The van der Waals surface area contributed by atoms with Crippen LogP contribution in [0.4, 0.5) is 0 Å². The lowest BCUT2D eigenvalue weighted by molar-refractivity contribution is 0.0919. The SMILES string of the molecule is Cc1cccc(C)c1OCC(O)Cn1c(CC2CCS(=O)(=O)C2)nc2ccccc21. The highest BCUT2D eigenvalue weighted by molar-refractivity contribution is 7.91. The highest BCUT2D eigenvalue weighted by atomic mass is 32.2. The summed E-state index contributed by atoms with van der Waals surface area (Å²) in [5.74, 6) is 2.18. The number of hydrogen-bond acceptors (Lipinski definition) is 5. The number of fused-ring (bicyclic) bond motifs is 1. The number of benzene rings is 2. The molecule has 1 N–H and O–H groups in total. The molecule has 3 aromatic rings. The van der Waals surface area contributed by atoms with E-state index in [1.807, 2.05) is 60.9 Å². The van der Waals surface area contributed by atoms with Crippen molar-refractivity contribution in [1.29, 1.82) is 0 Å². The summed E-state index contributed by atoms with van der Waals surface area (Å²) in [6.45, 7) is 4.51. The maximum atomic E-state index is 11.9. The molecule has 2 unspecified atom stereocenters. The first-order valence-electron chi connectivity index (χ1n) is 10.3. The quantitative estimate of drug-likeness (QED) is 0.625. The molecular weight excluding hydrogens is 400 g/mol. The summed E-state index contributed by atoms with van der Waals surface area (Å²) in [5.41, 5.74) is 3.88. The molecule has 2 heterocycles. The van der Waals surface area contributed by atoms with Crippen LogP contribution in [0, 0.1) is 19.8 Å². The van der Waals surface area contributed by atoms with Gasteiger partial charge < -0.3 is 14.4 Å². The molecule has 0 amide bonds. The zero-order valence-corrected chi connectivity index (χ0v) is 18.2. The second-order valence-corrected chi connectivity index (χ2v) is 10.5. The van der Waals surface area contributed by atoms with Crippen LogP contribution >= 0.6 is 0 Å². The topological polar surface area (TPSA) is 81.4 Å². The normalized spacial score (nSPS) is 19.2. The summed E-state index contributed by atoms with van der Waals surface area (Å²) >= 11 is 0. The lowest BCUT2D eigenvalue weighted by Crippen LogP contribution is -2.25. The van der Waals surface area contributed by atoms with Gasteiger partial charge in [-0.25, -0.2) is 13.4 Å². The van der Waals surface area contributed by atoms with E-state index in [2.05, 4.69) is 0 Å². The fourth-order valence-electron chi connectivity index (χ4n) is 4.25. The van der Waals surface area contributed by atoms with E-state index in [0.717, 1.165) is 33.7 Å². The van der Waals surface area contributed by atoms with E-state index in [0.29, 0.717) is 19.4 Å². The molecule has 160 valence electrons. The van der Waals surface area contributed by atoms with E-state index < -0.39 is 15.9 Å². The van der Waals surface area contributed by atoms with Gasteiger partial charge >= 0.3 is 0 Å². The van der Waals surface area contributed by atoms with Gasteiger partial charge in [-0.1, -0.05) is 30.3 Å². The predicted octanol–water partition coefficient (Wildman–Crippen LogP) is 3.07. The number of nitrogens with zero attached hydrogens (tertiary/aromatic N) is 2. The zero-order chi connectivity index (χ0) is 21.3. The Labute approximate surface area is 177 Å². The summed E-state index contributed by atoms with van der Waals surface area (Å²) in [6, 6.07) is 13.8. The molecule has 0 aliphatic carbocycles. The van der Waals surface area contributed by atoms with Gasteiger partial charge in [0.05, 0.1) is 29.1 Å². The Balaban J connectivity index is 1.52. The number of sulfone groups is 1. The van der Waals surface area contributed by atoms with E-state index >= 15 is 0 Å². The van der Waals surface area contributed by atoms with Gasteiger partial charge in [0.15, 0.2) is 9.84 Å². The second-order valence-electron chi connectivity index (χ2n) is 8.29. The molecule has 1 saturated heterocycles. The molecule has 1 aliphatic rings. The van der Waals surface area contributed by atoms with Crippen molar-refractivity contribution in [2.24, 2.45) is 5.92 Å². The predicted molar refractivity (Wildman–Crippen MR) is 118 cm³/mol. The average molecular weight is 429 g/mol. The minimum Gasteiger partial charge on any atom is -0.490 e. The zero-order valence-electron chi connectivity index (χ0n) is 17.4. The molecule has 30 heavy (non-hydrogen) atoms. The van der Waals surface area contributed by atoms with Crippen molar-refractivity contribution in [1.82, 2.24) is 9.55 Å². The Hall–Kier alpha value is -2.38. The van der Waals surface area contributed by atoms with Gasteiger partial charge in [0.1, 0.15) is 24.3 Å². The molecule has 1 fully saturated rings. The third kappa shape index (κ3) is 4.52. The number of para-hydroxylation sites is 3. The standard InChI is InChI=1S/C23H28N2O4S/c1-16-6-5-7-17(2)23(16)29-14-19(26)13-25-21-9-4-3-8-20(21)24-22(25)12-18-10-11-30(27,28)15-18/h3-9,18-19,26H,10-15H2,1-2H3. The van der Waals surface area contributed by atoms with E-state index in [-0.39, 0.29) is 24.0 Å².